The molecule has 132 valence electrons. The van der Waals surface area contributed by atoms with Crippen LogP contribution in [0.25, 0.3) is 10.9 Å². The van der Waals surface area contributed by atoms with E-state index in [0.717, 1.165) is 10.9 Å². The van der Waals surface area contributed by atoms with Gasteiger partial charge in [-0.1, -0.05) is 0 Å². The van der Waals surface area contributed by atoms with Gasteiger partial charge in [-0.05, 0) is 44.9 Å². The number of carbonyl (C=O) groups excluding carboxylic acids is 1. The first kappa shape index (κ1) is 17.2. The molecular weight excluding hydrogens is 320 g/mol. The lowest BCUT2D eigenvalue weighted by atomic mass is 9.92. The van der Waals surface area contributed by atoms with E-state index < -0.39 is 11.9 Å². The number of carboxylic acids is 1. The van der Waals surface area contributed by atoms with Crippen LogP contribution in [0.2, 0.25) is 0 Å². The van der Waals surface area contributed by atoms with Gasteiger partial charge in [0.05, 0.1) is 29.8 Å². The molecule has 0 bridgehead atoms. The molecule has 1 aliphatic rings. The van der Waals surface area contributed by atoms with Gasteiger partial charge in [-0.3, -0.25) is 14.6 Å². The number of aryl methyl sites for hydroxylation is 1. The van der Waals surface area contributed by atoms with Gasteiger partial charge in [-0.2, -0.15) is 0 Å². The van der Waals surface area contributed by atoms with Crippen molar-refractivity contribution in [3.63, 3.8) is 0 Å². The molecule has 3 rings (SSSR count). The Balaban J connectivity index is 1.95. The summed E-state index contributed by atoms with van der Waals surface area (Å²) in [5, 5.41) is 10.1. The molecular formula is C19H22N2O4. The van der Waals surface area contributed by atoms with Crippen molar-refractivity contribution in [1.29, 1.82) is 0 Å². The lowest BCUT2D eigenvalue weighted by molar-refractivity contribution is -0.143. The molecule has 2 aromatic rings. The molecule has 1 amide bonds. The zero-order chi connectivity index (χ0) is 18.1. The molecule has 2 atom stereocenters. The zero-order valence-corrected chi connectivity index (χ0v) is 14.7. The summed E-state index contributed by atoms with van der Waals surface area (Å²) in [6, 6.07) is 7.39. The molecule has 0 spiro atoms. The normalized spacial score (nSPS) is 20.5. The fourth-order valence-electron chi connectivity index (χ4n) is 3.33. The summed E-state index contributed by atoms with van der Waals surface area (Å²) < 4.78 is 5.21. The number of methoxy groups -OCH3 is 1. The van der Waals surface area contributed by atoms with Crippen LogP contribution in [0.4, 0.5) is 0 Å². The van der Waals surface area contributed by atoms with Crippen LogP contribution in [0, 0.1) is 12.8 Å². The molecule has 1 saturated heterocycles. The number of nitrogens with zero attached hydrogens (tertiary/aromatic N) is 2. The second kappa shape index (κ2) is 6.70. The fraction of sp³-hybridized carbons (Fsp3) is 0.421. The van der Waals surface area contributed by atoms with E-state index in [1.165, 1.54) is 0 Å². The number of aliphatic carboxylic acids is 1. The number of amides is 1. The lowest BCUT2D eigenvalue weighted by Gasteiger charge is -2.36. The average molecular weight is 342 g/mol. The number of benzene rings is 1. The van der Waals surface area contributed by atoms with E-state index in [4.69, 9.17) is 4.74 Å². The van der Waals surface area contributed by atoms with Gasteiger partial charge in [-0.25, -0.2) is 0 Å². The number of pyridine rings is 1. The third-order valence-electron chi connectivity index (χ3n) is 4.94. The Kier molecular flexibility index (Phi) is 4.61. The Morgan fingerprint density at radius 3 is 2.72 bits per heavy atom. The van der Waals surface area contributed by atoms with Gasteiger partial charge in [0.1, 0.15) is 5.75 Å². The molecule has 2 unspecified atom stereocenters. The minimum absolute atomic E-state index is 0.0223. The molecule has 0 saturated carbocycles. The number of aromatic nitrogens is 1. The van der Waals surface area contributed by atoms with Gasteiger partial charge < -0.3 is 14.7 Å². The summed E-state index contributed by atoms with van der Waals surface area (Å²) in [5.74, 6) is -0.781. The van der Waals surface area contributed by atoms with E-state index in [0.29, 0.717) is 29.8 Å². The number of rotatable bonds is 3. The molecule has 0 aliphatic carbocycles. The molecule has 1 N–H and O–H groups in total. The largest absolute Gasteiger partial charge is 0.497 e. The van der Waals surface area contributed by atoms with Crippen molar-refractivity contribution < 1.29 is 19.4 Å². The van der Waals surface area contributed by atoms with E-state index in [1.54, 1.807) is 18.9 Å². The molecule has 0 radical (unpaired) electrons. The minimum Gasteiger partial charge on any atom is -0.497 e. The van der Waals surface area contributed by atoms with Gasteiger partial charge in [0.15, 0.2) is 0 Å². The smallest absolute Gasteiger partial charge is 0.308 e. The summed E-state index contributed by atoms with van der Waals surface area (Å²) in [5.41, 5.74) is 1.93. The quantitative estimate of drug-likeness (QED) is 0.928. The van der Waals surface area contributed by atoms with Crippen molar-refractivity contribution in [2.75, 3.05) is 13.7 Å². The van der Waals surface area contributed by atoms with Crippen molar-refractivity contribution >= 4 is 22.8 Å². The number of piperidine rings is 1. The second-order valence-electron chi connectivity index (χ2n) is 6.60. The third-order valence-corrected chi connectivity index (χ3v) is 4.94. The van der Waals surface area contributed by atoms with Crippen molar-refractivity contribution in [2.45, 2.75) is 32.7 Å². The van der Waals surface area contributed by atoms with Crippen LogP contribution in [0.5, 0.6) is 5.75 Å². The Morgan fingerprint density at radius 1 is 1.28 bits per heavy atom. The van der Waals surface area contributed by atoms with E-state index >= 15 is 0 Å². The summed E-state index contributed by atoms with van der Waals surface area (Å²) in [6.45, 7) is 4.01. The average Bonchev–Trinajstić information content (AvgIpc) is 2.60. The number of hydrogen-bond donors (Lipinski definition) is 1. The standard InChI is InChI=1S/C19H22N2O4/c1-11-4-5-14(19(23)24)10-21(11)18(22)16-8-13-6-7-15(25-3)9-17(13)20-12(16)2/h6-9,11,14H,4-5,10H2,1-3H3,(H,23,24). The zero-order valence-electron chi connectivity index (χ0n) is 14.7. The topological polar surface area (TPSA) is 79.7 Å². The Hall–Kier alpha value is -2.63. The van der Waals surface area contributed by atoms with Gasteiger partial charge in [0.25, 0.3) is 5.91 Å². The van der Waals surface area contributed by atoms with Crippen LogP contribution in [-0.2, 0) is 4.79 Å². The summed E-state index contributed by atoms with van der Waals surface area (Å²) in [7, 11) is 1.60. The monoisotopic (exact) mass is 342 g/mol. The van der Waals surface area contributed by atoms with Crippen LogP contribution >= 0.6 is 0 Å². The molecule has 25 heavy (non-hydrogen) atoms. The van der Waals surface area contributed by atoms with E-state index in [2.05, 4.69) is 4.98 Å². The maximum Gasteiger partial charge on any atom is 0.308 e. The predicted octanol–water partition coefficient (Wildman–Crippen LogP) is 2.88. The number of carbonyl (C=O) groups is 2. The highest BCUT2D eigenvalue weighted by atomic mass is 16.5. The second-order valence-corrected chi connectivity index (χ2v) is 6.60. The molecule has 1 fully saturated rings. The first-order chi connectivity index (χ1) is 11.9. The third kappa shape index (κ3) is 3.29. The molecule has 1 aromatic heterocycles. The van der Waals surface area contributed by atoms with Crippen LogP contribution in [0.1, 0.15) is 35.8 Å². The van der Waals surface area contributed by atoms with E-state index in [-0.39, 0.29) is 18.5 Å². The van der Waals surface area contributed by atoms with E-state index in [1.807, 2.05) is 31.2 Å². The minimum atomic E-state index is -0.842. The summed E-state index contributed by atoms with van der Waals surface area (Å²) in [4.78, 5) is 30.5. The Morgan fingerprint density at radius 2 is 2.04 bits per heavy atom. The first-order valence-electron chi connectivity index (χ1n) is 8.40. The maximum atomic E-state index is 13.0. The maximum absolute atomic E-state index is 13.0. The van der Waals surface area contributed by atoms with Crippen molar-refractivity contribution in [2.24, 2.45) is 5.92 Å². The first-order valence-corrected chi connectivity index (χ1v) is 8.40. The number of carboxylic acid groups (broad SMARTS) is 1. The molecule has 1 aliphatic heterocycles. The van der Waals surface area contributed by atoms with Crippen LogP contribution in [0.15, 0.2) is 24.3 Å². The highest BCUT2D eigenvalue weighted by Gasteiger charge is 2.33. The van der Waals surface area contributed by atoms with Crippen molar-refractivity contribution in [3.8, 4) is 5.75 Å². The highest BCUT2D eigenvalue weighted by molar-refractivity contribution is 5.99. The van der Waals surface area contributed by atoms with E-state index in [9.17, 15) is 14.7 Å². The van der Waals surface area contributed by atoms with Crippen molar-refractivity contribution in [1.82, 2.24) is 9.88 Å². The van der Waals surface area contributed by atoms with Gasteiger partial charge in [-0.15, -0.1) is 0 Å². The Bertz CT molecular complexity index is 834. The van der Waals surface area contributed by atoms with Crippen LogP contribution in [0.3, 0.4) is 0 Å². The SMILES string of the molecule is COc1ccc2cc(C(=O)N3CC(C(=O)O)CCC3C)c(C)nc2c1. The number of ether oxygens (including phenoxy) is 1. The summed E-state index contributed by atoms with van der Waals surface area (Å²) >= 11 is 0. The summed E-state index contributed by atoms with van der Waals surface area (Å²) in [6.07, 6.45) is 1.30. The number of likely N-dealkylation sites (tertiary alicyclic amines) is 1. The van der Waals surface area contributed by atoms with Gasteiger partial charge in [0, 0.05) is 24.0 Å². The number of fused-ring (bicyclic) bond motifs is 1. The number of hydrogen-bond acceptors (Lipinski definition) is 4. The van der Waals surface area contributed by atoms with Crippen molar-refractivity contribution in [3.05, 3.63) is 35.5 Å². The van der Waals surface area contributed by atoms with Gasteiger partial charge >= 0.3 is 5.97 Å². The molecule has 2 heterocycles. The fourth-order valence-corrected chi connectivity index (χ4v) is 3.33. The van der Waals surface area contributed by atoms with Crippen LogP contribution < -0.4 is 4.74 Å². The highest BCUT2D eigenvalue weighted by Crippen LogP contribution is 2.27. The lowest BCUT2D eigenvalue weighted by Crippen LogP contribution is -2.47. The Labute approximate surface area is 146 Å². The van der Waals surface area contributed by atoms with Gasteiger partial charge in [0.2, 0.25) is 0 Å². The molecule has 6 nitrogen and oxygen atoms in total. The molecule has 1 aromatic carbocycles. The molecule has 6 heteroatoms. The predicted molar refractivity (Wildman–Crippen MR) is 93.9 cm³/mol. The van der Waals surface area contributed by atoms with Crippen LogP contribution in [-0.4, -0.2) is 46.6 Å².